The Balaban J connectivity index is 2.27. The van der Waals surface area contributed by atoms with Crippen molar-refractivity contribution in [3.8, 4) is 5.75 Å². The lowest BCUT2D eigenvalue weighted by Gasteiger charge is -2.13. The van der Waals surface area contributed by atoms with E-state index in [2.05, 4.69) is 5.32 Å². The normalized spacial score (nSPS) is 11.2. The number of sulfonamides is 1. The van der Waals surface area contributed by atoms with E-state index in [4.69, 9.17) is 9.88 Å². The molecular formula is C17H20N2O4S. The molecule has 0 bridgehead atoms. The summed E-state index contributed by atoms with van der Waals surface area (Å²) in [5.74, 6) is 0.354. The molecule has 0 atom stereocenters. The first-order chi connectivity index (χ1) is 11.2. The Labute approximate surface area is 141 Å². The molecule has 0 spiro atoms. The predicted octanol–water partition coefficient (Wildman–Crippen LogP) is 2.14. The van der Waals surface area contributed by atoms with Crippen LogP contribution in [-0.2, 0) is 21.2 Å². The van der Waals surface area contributed by atoms with E-state index in [9.17, 15) is 13.2 Å². The van der Waals surface area contributed by atoms with Crippen LogP contribution in [0.15, 0.2) is 41.3 Å². The molecule has 0 unspecified atom stereocenters. The third-order valence-electron chi connectivity index (χ3n) is 3.79. The van der Waals surface area contributed by atoms with E-state index in [1.165, 1.54) is 12.1 Å². The van der Waals surface area contributed by atoms with Gasteiger partial charge in [-0.25, -0.2) is 13.6 Å². The van der Waals surface area contributed by atoms with E-state index in [0.717, 1.165) is 16.7 Å². The summed E-state index contributed by atoms with van der Waals surface area (Å²) in [5.41, 5.74) is 2.69. The molecule has 6 nitrogen and oxygen atoms in total. The van der Waals surface area contributed by atoms with Crippen LogP contribution in [0.4, 0.5) is 5.69 Å². The number of aryl methyl sites for hydroxylation is 1. The third kappa shape index (κ3) is 4.12. The first kappa shape index (κ1) is 18.0. The fraction of sp³-hybridized carbons (Fsp3) is 0.235. The van der Waals surface area contributed by atoms with Crippen LogP contribution in [0.5, 0.6) is 5.75 Å². The van der Waals surface area contributed by atoms with Crippen LogP contribution in [0, 0.1) is 13.8 Å². The number of primary sulfonamides is 1. The molecule has 0 heterocycles. The number of rotatable bonds is 5. The molecule has 0 aromatic heterocycles. The second-order valence-electron chi connectivity index (χ2n) is 5.49. The van der Waals surface area contributed by atoms with Crippen molar-refractivity contribution >= 4 is 21.6 Å². The number of para-hydroxylation sites is 1. The zero-order chi connectivity index (χ0) is 17.9. The van der Waals surface area contributed by atoms with Gasteiger partial charge in [-0.15, -0.1) is 0 Å². The molecule has 0 aliphatic carbocycles. The van der Waals surface area contributed by atoms with Gasteiger partial charge in [0.1, 0.15) is 5.75 Å². The quantitative estimate of drug-likeness (QED) is 0.865. The Morgan fingerprint density at radius 2 is 1.88 bits per heavy atom. The highest BCUT2D eigenvalue weighted by Gasteiger charge is 2.15. The van der Waals surface area contributed by atoms with Crippen molar-refractivity contribution in [1.82, 2.24) is 0 Å². The van der Waals surface area contributed by atoms with Gasteiger partial charge in [-0.3, -0.25) is 4.79 Å². The van der Waals surface area contributed by atoms with Gasteiger partial charge in [0.15, 0.2) is 0 Å². The molecule has 2 rings (SSSR count). The van der Waals surface area contributed by atoms with Crippen LogP contribution in [-0.4, -0.2) is 21.4 Å². The van der Waals surface area contributed by atoms with Crippen molar-refractivity contribution in [3.63, 3.8) is 0 Å². The highest BCUT2D eigenvalue weighted by Crippen LogP contribution is 2.24. The Morgan fingerprint density at radius 3 is 2.50 bits per heavy atom. The highest BCUT2D eigenvalue weighted by atomic mass is 32.2. The molecule has 0 saturated carbocycles. The van der Waals surface area contributed by atoms with Crippen LogP contribution in [0.25, 0.3) is 0 Å². The molecule has 0 aliphatic heterocycles. The molecule has 2 aromatic carbocycles. The van der Waals surface area contributed by atoms with Crippen molar-refractivity contribution in [2.75, 3.05) is 12.4 Å². The van der Waals surface area contributed by atoms with Gasteiger partial charge in [0.25, 0.3) is 0 Å². The summed E-state index contributed by atoms with van der Waals surface area (Å²) in [6, 6.07) is 10.1. The van der Waals surface area contributed by atoms with Crippen molar-refractivity contribution in [2.45, 2.75) is 25.2 Å². The molecule has 0 radical (unpaired) electrons. The van der Waals surface area contributed by atoms with Crippen LogP contribution in [0.2, 0.25) is 0 Å². The molecule has 3 N–H and O–H groups in total. The van der Waals surface area contributed by atoms with Crippen LogP contribution in [0.1, 0.15) is 16.7 Å². The fourth-order valence-electron chi connectivity index (χ4n) is 2.34. The molecule has 7 heteroatoms. The number of benzene rings is 2. The minimum absolute atomic E-state index is 0.0295. The van der Waals surface area contributed by atoms with Gasteiger partial charge in [-0.1, -0.05) is 18.2 Å². The largest absolute Gasteiger partial charge is 0.496 e. The van der Waals surface area contributed by atoms with Gasteiger partial charge in [-0.05, 0) is 43.2 Å². The Bertz CT molecular complexity index is 876. The maximum absolute atomic E-state index is 12.3. The van der Waals surface area contributed by atoms with E-state index in [0.29, 0.717) is 11.4 Å². The van der Waals surface area contributed by atoms with E-state index in [1.807, 2.05) is 12.1 Å². The molecule has 2 aromatic rings. The van der Waals surface area contributed by atoms with Gasteiger partial charge >= 0.3 is 0 Å². The second-order valence-corrected chi connectivity index (χ2v) is 7.06. The number of ether oxygens (including phenoxy) is 1. The monoisotopic (exact) mass is 348 g/mol. The predicted molar refractivity (Wildman–Crippen MR) is 92.6 cm³/mol. The van der Waals surface area contributed by atoms with Gasteiger partial charge in [0, 0.05) is 11.3 Å². The van der Waals surface area contributed by atoms with Crippen molar-refractivity contribution in [1.29, 1.82) is 0 Å². The first-order valence-electron chi connectivity index (χ1n) is 7.28. The number of hydrogen-bond acceptors (Lipinski definition) is 4. The van der Waals surface area contributed by atoms with E-state index < -0.39 is 10.0 Å². The summed E-state index contributed by atoms with van der Waals surface area (Å²) >= 11 is 0. The lowest BCUT2D eigenvalue weighted by Crippen LogP contribution is -2.18. The number of carbonyl (C=O) groups is 1. The summed E-state index contributed by atoms with van der Waals surface area (Å²) in [5, 5.41) is 7.93. The van der Waals surface area contributed by atoms with Gasteiger partial charge in [0.2, 0.25) is 15.9 Å². The molecule has 0 aliphatic rings. The third-order valence-corrected chi connectivity index (χ3v) is 4.68. The number of methoxy groups -OCH3 is 1. The van der Waals surface area contributed by atoms with Crippen molar-refractivity contribution < 1.29 is 17.9 Å². The zero-order valence-electron chi connectivity index (χ0n) is 13.8. The second kappa shape index (κ2) is 7.02. The molecule has 0 saturated heterocycles. The maximum Gasteiger partial charge on any atom is 0.238 e. The fourth-order valence-corrected chi connectivity index (χ4v) is 2.96. The average molecular weight is 348 g/mol. The lowest BCUT2D eigenvalue weighted by atomic mass is 10.1. The van der Waals surface area contributed by atoms with Crippen LogP contribution in [0.3, 0.4) is 0 Å². The van der Waals surface area contributed by atoms with Gasteiger partial charge in [-0.2, -0.15) is 0 Å². The minimum Gasteiger partial charge on any atom is -0.496 e. The maximum atomic E-state index is 12.3. The van der Waals surface area contributed by atoms with E-state index in [1.54, 1.807) is 33.1 Å². The Kier molecular flexibility index (Phi) is 5.26. The summed E-state index contributed by atoms with van der Waals surface area (Å²) in [6.07, 6.45) is 0.113. The minimum atomic E-state index is -3.84. The average Bonchev–Trinajstić information content (AvgIpc) is 2.51. The standard InChI is InChI=1S/C17H20N2O4S/c1-11-8-14(24(18,21)22)10-15(12(11)2)19-17(20)9-13-6-4-5-7-16(13)23-3/h4-8,10H,9H2,1-3H3,(H,19,20)(H2,18,21,22). The molecule has 1 amide bonds. The number of amides is 1. The van der Waals surface area contributed by atoms with Gasteiger partial charge < -0.3 is 10.1 Å². The van der Waals surface area contributed by atoms with Crippen molar-refractivity contribution in [2.24, 2.45) is 5.14 Å². The summed E-state index contributed by atoms with van der Waals surface area (Å²) in [4.78, 5) is 12.3. The smallest absolute Gasteiger partial charge is 0.238 e. The summed E-state index contributed by atoms with van der Waals surface area (Å²) < 4.78 is 28.3. The molecule has 24 heavy (non-hydrogen) atoms. The number of hydrogen-bond donors (Lipinski definition) is 2. The number of anilines is 1. The summed E-state index contributed by atoms with van der Waals surface area (Å²) in [6.45, 7) is 3.57. The lowest BCUT2D eigenvalue weighted by molar-refractivity contribution is -0.115. The zero-order valence-corrected chi connectivity index (χ0v) is 14.6. The number of carbonyl (C=O) groups excluding carboxylic acids is 1. The topological polar surface area (TPSA) is 98.5 Å². The van der Waals surface area contributed by atoms with E-state index >= 15 is 0 Å². The van der Waals surface area contributed by atoms with Gasteiger partial charge in [0.05, 0.1) is 18.4 Å². The number of nitrogens with two attached hydrogens (primary N) is 1. The molecule has 0 fully saturated rings. The SMILES string of the molecule is COc1ccccc1CC(=O)Nc1cc(S(N)(=O)=O)cc(C)c1C. The van der Waals surface area contributed by atoms with E-state index in [-0.39, 0.29) is 17.2 Å². The van der Waals surface area contributed by atoms with Crippen LogP contribution < -0.4 is 15.2 Å². The van der Waals surface area contributed by atoms with Crippen molar-refractivity contribution in [3.05, 3.63) is 53.1 Å². The summed E-state index contributed by atoms with van der Waals surface area (Å²) in [7, 11) is -2.30. The first-order valence-corrected chi connectivity index (χ1v) is 8.83. The molecule has 128 valence electrons. The Morgan fingerprint density at radius 1 is 1.21 bits per heavy atom. The van der Waals surface area contributed by atoms with Crippen LogP contribution >= 0.6 is 0 Å². The molecular weight excluding hydrogens is 328 g/mol. The Hall–Kier alpha value is -2.38. The number of nitrogens with one attached hydrogen (secondary N) is 1. The highest BCUT2D eigenvalue weighted by molar-refractivity contribution is 7.89.